The molecule has 8 nitrogen and oxygen atoms in total. The minimum Gasteiger partial charge on any atom is -0.320 e. The Morgan fingerprint density at radius 1 is 1.44 bits per heavy atom. The second-order valence-electron chi connectivity index (χ2n) is 4.70. The predicted molar refractivity (Wildman–Crippen MR) is 97.2 cm³/mol. The number of benzene rings is 1. The molecule has 2 N–H and O–H groups in total. The third-order valence-corrected chi connectivity index (χ3v) is 4.94. The summed E-state index contributed by atoms with van der Waals surface area (Å²) in [6.07, 6.45) is 0. The number of carbonyl (C=O) groups excluding carboxylic acids is 1. The quantitative estimate of drug-likeness (QED) is 0.372. The number of aromatic amines is 1. The van der Waals surface area contributed by atoms with Gasteiger partial charge in [0.2, 0.25) is 11.1 Å². The number of anilines is 1. The second kappa shape index (κ2) is 7.64. The number of hydrogen-bond acceptors (Lipinski definition) is 7. The van der Waals surface area contributed by atoms with Crippen molar-refractivity contribution in [3.05, 3.63) is 50.8 Å². The smallest absolute Gasteiger partial charge is 0.294 e. The van der Waals surface area contributed by atoms with Crippen LogP contribution in [0.15, 0.2) is 40.9 Å². The van der Waals surface area contributed by atoms with Crippen LogP contribution in [0.5, 0.6) is 0 Å². The third-order valence-electron chi connectivity index (χ3n) is 2.98. The first-order valence-corrected chi connectivity index (χ1v) is 9.10. The summed E-state index contributed by atoms with van der Waals surface area (Å²) in [5, 5.41) is 22.9. The summed E-state index contributed by atoms with van der Waals surface area (Å²) in [6, 6.07) is 7.87. The summed E-state index contributed by atoms with van der Waals surface area (Å²) in [5.74, 6) is 0.241. The third kappa shape index (κ3) is 4.35. The normalized spacial score (nSPS) is 10.6. The molecule has 0 fully saturated rings. The molecular weight excluding hydrogens is 386 g/mol. The van der Waals surface area contributed by atoms with Gasteiger partial charge in [-0.15, -0.1) is 16.4 Å². The first-order valence-electron chi connectivity index (χ1n) is 6.86. The summed E-state index contributed by atoms with van der Waals surface area (Å²) in [6.45, 7) is 0. The molecule has 25 heavy (non-hydrogen) atoms. The number of nitrogens with zero attached hydrogens (tertiary/aromatic N) is 3. The fourth-order valence-electron chi connectivity index (χ4n) is 1.91. The number of nitrogens with one attached hydrogen (secondary N) is 2. The van der Waals surface area contributed by atoms with Gasteiger partial charge in [-0.25, -0.2) is 4.98 Å². The lowest BCUT2D eigenvalue weighted by Crippen LogP contribution is -2.15. The molecule has 0 aliphatic rings. The highest BCUT2D eigenvalue weighted by molar-refractivity contribution is 7.99. The standard InChI is InChI=1S/C14H10ClN5O3S2/c15-8-3-4-9(10(6-8)20(22)23)16-12(21)7-25-14-17-13(18-19-14)11-2-1-5-24-11/h1-6H,7H2,(H,16,21)(H,17,18,19). The van der Waals surface area contributed by atoms with Crippen LogP contribution in [0.1, 0.15) is 0 Å². The average Bonchev–Trinajstić information content (AvgIpc) is 3.25. The number of carbonyl (C=O) groups is 1. The fourth-order valence-corrected chi connectivity index (χ4v) is 3.34. The van der Waals surface area contributed by atoms with Crippen LogP contribution in [0.4, 0.5) is 11.4 Å². The van der Waals surface area contributed by atoms with E-state index < -0.39 is 10.8 Å². The van der Waals surface area contributed by atoms with Gasteiger partial charge in [-0.2, -0.15) is 0 Å². The van der Waals surface area contributed by atoms with Crippen molar-refractivity contribution in [3.8, 4) is 10.7 Å². The first-order chi connectivity index (χ1) is 12.0. The summed E-state index contributed by atoms with van der Waals surface area (Å²) >= 11 is 8.39. The van der Waals surface area contributed by atoms with Crippen molar-refractivity contribution in [3.63, 3.8) is 0 Å². The highest BCUT2D eigenvalue weighted by Crippen LogP contribution is 2.28. The van der Waals surface area contributed by atoms with Crippen LogP contribution < -0.4 is 5.32 Å². The Hall–Kier alpha value is -2.43. The van der Waals surface area contributed by atoms with Crippen LogP contribution in [0.25, 0.3) is 10.7 Å². The van der Waals surface area contributed by atoms with E-state index in [2.05, 4.69) is 20.5 Å². The van der Waals surface area contributed by atoms with Gasteiger partial charge in [0.05, 0.1) is 15.6 Å². The summed E-state index contributed by atoms with van der Waals surface area (Å²) < 4.78 is 0. The predicted octanol–water partition coefficient (Wildman–Crippen LogP) is 3.83. The van der Waals surface area contributed by atoms with E-state index in [1.54, 1.807) is 0 Å². The molecule has 0 saturated carbocycles. The number of amides is 1. The lowest BCUT2D eigenvalue weighted by Gasteiger charge is -2.05. The van der Waals surface area contributed by atoms with E-state index in [1.807, 2.05) is 17.5 Å². The molecule has 0 bridgehead atoms. The van der Waals surface area contributed by atoms with E-state index in [4.69, 9.17) is 11.6 Å². The molecule has 0 unspecified atom stereocenters. The molecule has 11 heteroatoms. The molecule has 3 rings (SSSR count). The summed E-state index contributed by atoms with van der Waals surface area (Å²) in [4.78, 5) is 27.7. The van der Waals surface area contributed by atoms with Crippen molar-refractivity contribution in [1.82, 2.24) is 15.2 Å². The Balaban J connectivity index is 1.61. The van der Waals surface area contributed by atoms with Crippen molar-refractivity contribution in [2.75, 3.05) is 11.1 Å². The maximum Gasteiger partial charge on any atom is 0.294 e. The largest absolute Gasteiger partial charge is 0.320 e. The minimum atomic E-state index is -0.600. The molecule has 3 aromatic rings. The molecule has 0 spiro atoms. The molecule has 2 aromatic heterocycles. The Labute approximate surface area is 154 Å². The highest BCUT2D eigenvalue weighted by Gasteiger charge is 2.17. The molecule has 0 atom stereocenters. The van der Waals surface area contributed by atoms with E-state index in [9.17, 15) is 14.9 Å². The number of nitro benzene ring substituents is 1. The Morgan fingerprint density at radius 3 is 3.00 bits per heavy atom. The van der Waals surface area contributed by atoms with E-state index in [1.165, 1.54) is 29.5 Å². The maximum atomic E-state index is 12.0. The van der Waals surface area contributed by atoms with Gasteiger partial charge in [-0.05, 0) is 23.6 Å². The molecule has 0 aliphatic heterocycles. The lowest BCUT2D eigenvalue weighted by molar-refractivity contribution is -0.383. The maximum absolute atomic E-state index is 12.0. The lowest BCUT2D eigenvalue weighted by atomic mass is 10.2. The summed E-state index contributed by atoms with van der Waals surface area (Å²) in [5.41, 5.74) is -0.169. The number of thioether (sulfide) groups is 1. The SMILES string of the molecule is O=C(CSc1n[nH]c(-c2cccs2)n1)Nc1ccc(Cl)cc1[N+](=O)[O-]. The van der Waals surface area contributed by atoms with Crippen molar-refractivity contribution >= 4 is 52.0 Å². The molecule has 1 aromatic carbocycles. The second-order valence-corrected chi connectivity index (χ2v) is 7.03. The van der Waals surface area contributed by atoms with Crippen molar-refractivity contribution in [2.24, 2.45) is 0 Å². The molecule has 0 radical (unpaired) electrons. The monoisotopic (exact) mass is 395 g/mol. The molecular formula is C14H10ClN5O3S2. The van der Waals surface area contributed by atoms with E-state index in [0.717, 1.165) is 16.6 Å². The van der Waals surface area contributed by atoms with Crippen LogP contribution in [0.3, 0.4) is 0 Å². The number of halogens is 1. The number of hydrogen-bond donors (Lipinski definition) is 2. The van der Waals surface area contributed by atoms with E-state index in [-0.39, 0.29) is 22.2 Å². The van der Waals surface area contributed by atoms with Crippen LogP contribution in [0, 0.1) is 10.1 Å². The van der Waals surface area contributed by atoms with Gasteiger partial charge in [0.1, 0.15) is 5.69 Å². The highest BCUT2D eigenvalue weighted by atomic mass is 35.5. The number of nitro groups is 1. The number of aromatic nitrogens is 3. The molecule has 128 valence electrons. The van der Waals surface area contributed by atoms with Gasteiger partial charge in [0.15, 0.2) is 5.82 Å². The fraction of sp³-hybridized carbons (Fsp3) is 0.0714. The van der Waals surface area contributed by atoms with Crippen LogP contribution in [0.2, 0.25) is 5.02 Å². The van der Waals surface area contributed by atoms with Gasteiger partial charge in [-0.3, -0.25) is 20.0 Å². The summed E-state index contributed by atoms with van der Waals surface area (Å²) in [7, 11) is 0. The first kappa shape index (κ1) is 17.4. The topological polar surface area (TPSA) is 114 Å². The van der Waals surface area contributed by atoms with E-state index >= 15 is 0 Å². The van der Waals surface area contributed by atoms with Gasteiger partial charge in [0, 0.05) is 11.1 Å². The molecule has 0 saturated heterocycles. The van der Waals surface area contributed by atoms with Gasteiger partial charge in [-0.1, -0.05) is 29.4 Å². The zero-order chi connectivity index (χ0) is 17.8. The molecule has 2 heterocycles. The van der Waals surface area contributed by atoms with Crippen molar-refractivity contribution in [2.45, 2.75) is 5.16 Å². The van der Waals surface area contributed by atoms with E-state index in [0.29, 0.717) is 11.0 Å². The minimum absolute atomic E-state index is 0.0154. The zero-order valence-corrected chi connectivity index (χ0v) is 14.8. The van der Waals surface area contributed by atoms with Crippen molar-refractivity contribution < 1.29 is 9.72 Å². The van der Waals surface area contributed by atoms with Gasteiger partial charge >= 0.3 is 0 Å². The van der Waals surface area contributed by atoms with Crippen LogP contribution in [-0.2, 0) is 4.79 Å². The Morgan fingerprint density at radius 2 is 2.28 bits per heavy atom. The number of thiophene rings is 1. The Kier molecular flexibility index (Phi) is 5.31. The number of H-pyrrole nitrogens is 1. The Bertz CT molecular complexity index is 913. The van der Waals surface area contributed by atoms with Crippen LogP contribution in [-0.4, -0.2) is 31.8 Å². The zero-order valence-electron chi connectivity index (χ0n) is 12.4. The molecule has 0 aliphatic carbocycles. The van der Waals surface area contributed by atoms with Gasteiger partial charge < -0.3 is 5.32 Å². The van der Waals surface area contributed by atoms with Crippen LogP contribution >= 0.6 is 34.7 Å². The average molecular weight is 396 g/mol. The van der Waals surface area contributed by atoms with Crippen molar-refractivity contribution in [1.29, 1.82) is 0 Å². The molecule has 1 amide bonds. The number of rotatable bonds is 6. The van der Waals surface area contributed by atoms with Gasteiger partial charge in [0.25, 0.3) is 5.69 Å².